The Balaban J connectivity index is 1.53. The minimum absolute atomic E-state index is 0.0806. The van der Waals surface area contributed by atoms with E-state index in [0.29, 0.717) is 5.69 Å². The van der Waals surface area contributed by atoms with E-state index >= 15 is 0 Å². The van der Waals surface area contributed by atoms with Crippen molar-refractivity contribution in [3.8, 4) is 0 Å². The fourth-order valence-electron chi connectivity index (χ4n) is 2.82. The number of fused-ring (bicyclic) bond motifs is 1. The molecule has 0 bridgehead atoms. The van der Waals surface area contributed by atoms with Crippen LogP contribution in [0.2, 0.25) is 0 Å². The van der Waals surface area contributed by atoms with Gasteiger partial charge < -0.3 is 10.1 Å². The molecule has 8 heteroatoms. The van der Waals surface area contributed by atoms with Crippen molar-refractivity contribution in [2.45, 2.75) is 32.7 Å². The average Bonchev–Trinajstić information content (AvgIpc) is 2.92. The van der Waals surface area contributed by atoms with Gasteiger partial charge in [0, 0.05) is 16.0 Å². The first-order valence-corrected chi connectivity index (χ1v) is 10.5. The Kier molecular flexibility index (Phi) is 6.31. The number of carbonyl (C=O) groups is 2. The molecule has 0 aliphatic rings. The number of carbonyl (C=O) groups excluding carboxylic acids is 2. The molecule has 0 aliphatic heterocycles. The van der Waals surface area contributed by atoms with E-state index in [1.165, 1.54) is 23.0 Å². The first-order chi connectivity index (χ1) is 13.3. The summed E-state index contributed by atoms with van der Waals surface area (Å²) in [5.74, 6) is -0.744. The van der Waals surface area contributed by atoms with Crippen molar-refractivity contribution in [2.24, 2.45) is 0 Å². The second kappa shape index (κ2) is 8.70. The normalized spacial score (nSPS) is 10.9. The van der Waals surface area contributed by atoms with Gasteiger partial charge in [-0.2, -0.15) is 0 Å². The van der Waals surface area contributed by atoms with E-state index in [4.69, 9.17) is 4.74 Å². The van der Waals surface area contributed by atoms with Crippen molar-refractivity contribution < 1.29 is 14.3 Å². The molecular weight excluding hydrogens is 394 g/mol. The average molecular weight is 416 g/mol. The van der Waals surface area contributed by atoms with Crippen LogP contribution in [-0.4, -0.2) is 34.2 Å². The summed E-state index contributed by atoms with van der Waals surface area (Å²) in [6.07, 6.45) is 1.50. The van der Waals surface area contributed by atoms with Crippen molar-refractivity contribution >= 4 is 50.9 Å². The van der Waals surface area contributed by atoms with E-state index in [1.807, 2.05) is 45.9 Å². The molecule has 1 amide bonds. The maximum Gasteiger partial charge on any atom is 0.316 e. The molecule has 3 aromatic rings. The summed E-state index contributed by atoms with van der Waals surface area (Å²) >= 11 is 2.90. The molecule has 28 heavy (non-hydrogen) atoms. The predicted octanol–water partition coefficient (Wildman–Crippen LogP) is 4.20. The standard InChI is InChI=1S/C20H21N3O3S2/c1-11-5-12(2)7-15(6-11)23-16(24)8-26-17(25)9-27-19-18-13(3)14(4)28-20(18)22-10-21-19/h5-7,10H,8-9H2,1-4H3,(H,23,24). The van der Waals surface area contributed by atoms with Crippen LogP contribution in [0.25, 0.3) is 10.2 Å². The molecule has 0 aliphatic carbocycles. The van der Waals surface area contributed by atoms with E-state index in [0.717, 1.165) is 31.9 Å². The van der Waals surface area contributed by atoms with Crippen LogP contribution in [0.4, 0.5) is 5.69 Å². The lowest BCUT2D eigenvalue weighted by molar-refractivity contribution is -0.144. The van der Waals surface area contributed by atoms with Crippen LogP contribution in [0.3, 0.4) is 0 Å². The third-order valence-electron chi connectivity index (χ3n) is 4.13. The van der Waals surface area contributed by atoms with Crippen LogP contribution in [0.1, 0.15) is 21.6 Å². The van der Waals surface area contributed by atoms with Crippen LogP contribution in [0.5, 0.6) is 0 Å². The lowest BCUT2D eigenvalue weighted by atomic mass is 10.1. The zero-order valence-electron chi connectivity index (χ0n) is 16.2. The number of aryl methyl sites for hydroxylation is 4. The number of anilines is 1. The van der Waals surface area contributed by atoms with Crippen LogP contribution >= 0.6 is 23.1 Å². The maximum atomic E-state index is 12.0. The van der Waals surface area contributed by atoms with Crippen molar-refractivity contribution in [3.05, 3.63) is 46.1 Å². The zero-order valence-corrected chi connectivity index (χ0v) is 17.8. The second-order valence-electron chi connectivity index (χ2n) is 6.52. The zero-order chi connectivity index (χ0) is 20.3. The molecule has 0 saturated heterocycles. The second-order valence-corrected chi connectivity index (χ2v) is 8.68. The number of esters is 1. The molecule has 2 aromatic heterocycles. The predicted molar refractivity (Wildman–Crippen MR) is 113 cm³/mol. The van der Waals surface area contributed by atoms with Gasteiger partial charge in [0.15, 0.2) is 6.61 Å². The molecule has 1 aromatic carbocycles. The van der Waals surface area contributed by atoms with Crippen molar-refractivity contribution in [1.82, 2.24) is 9.97 Å². The summed E-state index contributed by atoms with van der Waals surface area (Å²) in [5.41, 5.74) is 3.93. The molecule has 2 heterocycles. The van der Waals surface area contributed by atoms with E-state index in [9.17, 15) is 9.59 Å². The molecule has 146 valence electrons. The molecule has 0 radical (unpaired) electrons. The van der Waals surface area contributed by atoms with E-state index in [-0.39, 0.29) is 18.3 Å². The highest BCUT2D eigenvalue weighted by molar-refractivity contribution is 8.00. The number of amides is 1. The smallest absolute Gasteiger partial charge is 0.316 e. The highest BCUT2D eigenvalue weighted by Gasteiger charge is 2.15. The lowest BCUT2D eigenvalue weighted by Gasteiger charge is -2.08. The lowest BCUT2D eigenvalue weighted by Crippen LogP contribution is -2.21. The number of thioether (sulfide) groups is 1. The number of thiophene rings is 1. The third-order valence-corrected chi connectivity index (χ3v) is 6.21. The Bertz CT molecular complexity index is 1030. The summed E-state index contributed by atoms with van der Waals surface area (Å²) in [4.78, 5) is 34.7. The Labute approximate surface area is 171 Å². The third kappa shape index (κ3) is 4.88. The Morgan fingerprint density at radius 1 is 1.11 bits per heavy atom. The Hall–Kier alpha value is -2.45. The molecule has 1 N–H and O–H groups in total. The van der Waals surface area contributed by atoms with Crippen LogP contribution in [-0.2, 0) is 14.3 Å². The van der Waals surface area contributed by atoms with Gasteiger partial charge in [0.1, 0.15) is 16.2 Å². The van der Waals surface area contributed by atoms with E-state index < -0.39 is 5.97 Å². The molecule has 0 saturated carbocycles. The molecule has 0 atom stereocenters. The summed E-state index contributed by atoms with van der Waals surface area (Å²) in [6, 6.07) is 5.76. The fraction of sp³-hybridized carbons (Fsp3) is 0.300. The van der Waals surface area contributed by atoms with Crippen molar-refractivity contribution in [2.75, 3.05) is 17.7 Å². The molecule has 6 nitrogen and oxygen atoms in total. The Morgan fingerprint density at radius 3 is 2.54 bits per heavy atom. The number of hydrogen-bond donors (Lipinski definition) is 1. The van der Waals surface area contributed by atoms with Gasteiger partial charge in [-0.15, -0.1) is 11.3 Å². The number of ether oxygens (including phenoxy) is 1. The number of rotatable bonds is 6. The van der Waals surface area contributed by atoms with Crippen LogP contribution in [0.15, 0.2) is 29.6 Å². The molecular formula is C20H21N3O3S2. The summed E-state index contributed by atoms with van der Waals surface area (Å²) in [6.45, 7) is 7.67. The molecule has 0 spiro atoms. The SMILES string of the molecule is Cc1cc(C)cc(NC(=O)COC(=O)CSc2ncnc3sc(C)c(C)c23)c1. The van der Waals surface area contributed by atoms with Crippen LogP contribution in [0, 0.1) is 27.7 Å². The number of benzene rings is 1. The quantitative estimate of drug-likeness (QED) is 0.369. The minimum Gasteiger partial charge on any atom is -0.455 e. The summed E-state index contributed by atoms with van der Waals surface area (Å²) in [7, 11) is 0. The maximum absolute atomic E-state index is 12.0. The van der Waals surface area contributed by atoms with Crippen molar-refractivity contribution in [3.63, 3.8) is 0 Å². The fourth-order valence-corrected chi connectivity index (χ4v) is 4.73. The summed E-state index contributed by atoms with van der Waals surface area (Å²) < 4.78 is 5.09. The van der Waals surface area contributed by atoms with Crippen LogP contribution < -0.4 is 5.32 Å². The topological polar surface area (TPSA) is 81.2 Å². The van der Waals surface area contributed by atoms with Gasteiger partial charge in [-0.1, -0.05) is 17.8 Å². The van der Waals surface area contributed by atoms with Crippen molar-refractivity contribution in [1.29, 1.82) is 0 Å². The number of nitrogens with one attached hydrogen (secondary N) is 1. The Morgan fingerprint density at radius 2 is 1.82 bits per heavy atom. The largest absolute Gasteiger partial charge is 0.455 e. The molecule has 3 rings (SSSR count). The first kappa shape index (κ1) is 20.3. The minimum atomic E-state index is -0.461. The number of nitrogens with zero attached hydrogens (tertiary/aromatic N) is 2. The molecule has 0 unspecified atom stereocenters. The summed E-state index contributed by atoms with van der Waals surface area (Å²) in [5, 5.41) is 4.48. The highest BCUT2D eigenvalue weighted by Crippen LogP contribution is 2.34. The van der Waals surface area contributed by atoms with Gasteiger partial charge in [-0.25, -0.2) is 9.97 Å². The number of hydrogen-bond acceptors (Lipinski definition) is 7. The first-order valence-electron chi connectivity index (χ1n) is 8.70. The van der Waals surface area contributed by atoms with E-state index in [2.05, 4.69) is 15.3 Å². The van der Waals surface area contributed by atoms with Gasteiger partial charge in [0.05, 0.1) is 5.75 Å². The van der Waals surface area contributed by atoms with Gasteiger partial charge in [-0.3, -0.25) is 9.59 Å². The van der Waals surface area contributed by atoms with Gasteiger partial charge in [0.2, 0.25) is 0 Å². The van der Waals surface area contributed by atoms with Gasteiger partial charge in [-0.05, 0) is 56.5 Å². The highest BCUT2D eigenvalue weighted by atomic mass is 32.2. The van der Waals surface area contributed by atoms with Gasteiger partial charge >= 0.3 is 5.97 Å². The van der Waals surface area contributed by atoms with E-state index in [1.54, 1.807) is 11.3 Å². The molecule has 0 fully saturated rings. The monoisotopic (exact) mass is 415 g/mol. The van der Waals surface area contributed by atoms with Gasteiger partial charge in [0.25, 0.3) is 5.91 Å². The number of aromatic nitrogens is 2.